The van der Waals surface area contributed by atoms with Gasteiger partial charge >= 0.3 is 0 Å². The molecule has 0 unspecified atom stereocenters. The van der Waals surface area contributed by atoms with Crippen LogP contribution < -0.4 is 16.6 Å². The third kappa shape index (κ3) is 4.20. The van der Waals surface area contributed by atoms with Crippen molar-refractivity contribution in [3.05, 3.63) is 23.9 Å². The molecule has 0 atom stereocenters. The number of anilines is 1. The fraction of sp³-hybridized carbons (Fsp3) is 0.600. The molecule has 0 aromatic carbocycles. The number of nitrogens with zero attached hydrogens (tertiary/aromatic N) is 1. The molecule has 110 valence electrons. The first-order valence-electron chi connectivity index (χ1n) is 7.41. The molecule has 1 amide bonds. The molecule has 20 heavy (non-hydrogen) atoms. The standard InChI is InChI=1S/C15H24N4O/c1-11-5-7-12(8-6-11)9-10-17-15(20)13-3-2-4-14(18-13)19-16/h2-4,11-12H,5-10,16H2,1H3,(H,17,20)(H,18,19). The summed E-state index contributed by atoms with van der Waals surface area (Å²) in [5.74, 6) is 7.28. The van der Waals surface area contributed by atoms with Gasteiger partial charge in [-0.2, -0.15) is 0 Å². The molecule has 0 aliphatic heterocycles. The minimum Gasteiger partial charge on any atom is -0.351 e. The minimum atomic E-state index is -0.133. The summed E-state index contributed by atoms with van der Waals surface area (Å²) in [5, 5.41) is 2.94. The molecule has 0 bridgehead atoms. The Morgan fingerprint density at radius 1 is 1.35 bits per heavy atom. The second kappa shape index (κ2) is 7.24. The van der Waals surface area contributed by atoms with Crippen molar-refractivity contribution >= 4 is 11.7 Å². The monoisotopic (exact) mass is 276 g/mol. The van der Waals surface area contributed by atoms with Crippen molar-refractivity contribution in [1.82, 2.24) is 10.3 Å². The zero-order chi connectivity index (χ0) is 14.4. The zero-order valence-corrected chi connectivity index (χ0v) is 12.1. The van der Waals surface area contributed by atoms with Crippen LogP contribution in [0.2, 0.25) is 0 Å². The van der Waals surface area contributed by atoms with Gasteiger partial charge in [-0.1, -0.05) is 38.7 Å². The third-order valence-electron chi connectivity index (χ3n) is 4.10. The van der Waals surface area contributed by atoms with Gasteiger partial charge in [0, 0.05) is 6.54 Å². The van der Waals surface area contributed by atoms with Gasteiger partial charge in [-0.3, -0.25) is 4.79 Å². The lowest BCUT2D eigenvalue weighted by molar-refractivity contribution is 0.0945. The Kier molecular flexibility index (Phi) is 5.35. The Bertz CT molecular complexity index is 441. The van der Waals surface area contributed by atoms with Crippen molar-refractivity contribution in [3.8, 4) is 0 Å². The molecule has 4 N–H and O–H groups in total. The first kappa shape index (κ1) is 14.8. The Balaban J connectivity index is 1.74. The van der Waals surface area contributed by atoms with Gasteiger partial charge in [0.2, 0.25) is 0 Å². The van der Waals surface area contributed by atoms with E-state index >= 15 is 0 Å². The summed E-state index contributed by atoms with van der Waals surface area (Å²) in [6.07, 6.45) is 6.30. The number of aromatic nitrogens is 1. The second-order valence-electron chi connectivity index (χ2n) is 5.72. The number of rotatable bonds is 5. The van der Waals surface area contributed by atoms with Crippen molar-refractivity contribution in [2.75, 3.05) is 12.0 Å². The Labute approximate surface area is 120 Å². The third-order valence-corrected chi connectivity index (χ3v) is 4.10. The molecule has 1 aromatic rings. The maximum atomic E-state index is 12.0. The quantitative estimate of drug-likeness (QED) is 0.569. The Hall–Kier alpha value is -1.62. The molecule has 2 rings (SSSR count). The molecule has 5 heteroatoms. The van der Waals surface area contributed by atoms with Crippen molar-refractivity contribution in [2.45, 2.75) is 39.0 Å². The van der Waals surface area contributed by atoms with Crippen molar-refractivity contribution in [1.29, 1.82) is 0 Å². The molecule has 0 radical (unpaired) electrons. The van der Waals surface area contributed by atoms with Gasteiger partial charge in [0.05, 0.1) is 0 Å². The van der Waals surface area contributed by atoms with Gasteiger partial charge in [0.1, 0.15) is 11.5 Å². The van der Waals surface area contributed by atoms with Crippen LogP contribution >= 0.6 is 0 Å². The highest BCUT2D eigenvalue weighted by molar-refractivity contribution is 5.92. The van der Waals surface area contributed by atoms with E-state index in [1.807, 2.05) is 0 Å². The highest BCUT2D eigenvalue weighted by Gasteiger charge is 2.18. The molecular formula is C15H24N4O. The summed E-state index contributed by atoms with van der Waals surface area (Å²) in [6.45, 7) is 3.04. The summed E-state index contributed by atoms with van der Waals surface area (Å²) in [4.78, 5) is 16.1. The number of hydrogen-bond acceptors (Lipinski definition) is 4. The van der Waals surface area contributed by atoms with Crippen LogP contribution in [0.25, 0.3) is 0 Å². The molecule has 1 saturated carbocycles. The first-order valence-corrected chi connectivity index (χ1v) is 7.41. The summed E-state index contributed by atoms with van der Waals surface area (Å²) >= 11 is 0. The smallest absolute Gasteiger partial charge is 0.269 e. The van der Waals surface area contributed by atoms with E-state index in [-0.39, 0.29) is 5.91 Å². The number of pyridine rings is 1. The normalized spacial score (nSPS) is 22.3. The van der Waals surface area contributed by atoms with Crippen molar-refractivity contribution in [3.63, 3.8) is 0 Å². The number of nitrogens with two attached hydrogens (primary N) is 1. The number of nitrogens with one attached hydrogen (secondary N) is 2. The second-order valence-corrected chi connectivity index (χ2v) is 5.72. The molecule has 1 aliphatic rings. The van der Waals surface area contributed by atoms with Crippen molar-refractivity contribution < 1.29 is 4.79 Å². The number of amides is 1. The maximum absolute atomic E-state index is 12.0. The van der Waals surface area contributed by atoms with Crippen LogP contribution in [0.3, 0.4) is 0 Å². The predicted molar refractivity (Wildman–Crippen MR) is 80.1 cm³/mol. The molecule has 1 aliphatic carbocycles. The average molecular weight is 276 g/mol. The van der Waals surface area contributed by atoms with Crippen LogP contribution in [0.5, 0.6) is 0 Å². The number of nitrogen functional groups attached to an aromatic ring is 1. The predicted octanol–water partition coefficient (Wildman–Crippen LogP) is 2.31. The van der Waals surface area contributed by atoms with Gasteiger partial charge in [0.15, 0.2) is 0 Å². The van der Waals surface area contributed by atoms with E-state index < -0.39 is 0 Å². The van der Waals surface area contributed by atoms with Gasteiger partial charge in [-0.05, 0) is 30.4 Å². The molecule has 0 saturated heterocycles. The van der Waals surface area contributed by atoms with E-state index in [9.17, 15) is 4.79 Å². The van der Waals surface area contributed by atoms with Crippen LogP contribution in [0.1, 0.15) is 49.5 Å². The lowest BCUT2D eigenvalue weighted by atomic mass is 9.81. The zero-order valence-electron chi connectivity index (χ0n) is 12.1. The summed E-state index contributed by atoms with van der Waals surface area (Å²) in [7, 11) is 0. The van der Waals surface area contributed by atoms with Gasteiger partial charge in [-0.15, -0.1) is 0 Å². The van der Waals surface area contributed by atoms with E-state index in [1.165, 1.54) is 25.7 Å². The van der Waals surface area contributed by atoms with Crippen molar-refractivity contribution in [2.24, 2.45) is 17.7 Å². The minimum absolute atomic E-state index is 0.133. The summed E-state index contributed by atoms with van der Waals surface area (Å²) in [5.41, 5.74) is 2.84. The first-order chi connectivity index (χ1) is 9.69. The summed E-state index contributed by atoms with van der Waals surface area (Å²) < 4.78 is 0. The van der Waals surface area contributed by atoms with Crippen LogP contribution in [0.4, 0.5) is 5.82 Å². The summed E-state index contributed by atoms with van der Waals surface area (Å²) in [6, 6.07) is 5.18. The van der Waals surface area contributed by atoms with E-state index in [0.29, 0.717) is 11.5 Å². The van der Waals surface area contributed by atoms with Gasteiger partial charge in [-0.25, -0.2) is 10.8 Å². The maximum Gasteiger partial charge on any atom is 0.269 e. The van der Waals surface area contributed by atoms with Crippen LogP contribution in [-0.2, 0) is 0 Å². The number of carbonyl (C=O) groups excluding carboxylic acids is 1. The number of hydrazine groups is 1. The molecular weight excluding hydrogens is 252 g/mol. The molecule has 1 fully saturated rings. The molecule has 1 aromatic heterocycles. The fourth-order valence-corrected chi connectivity index (χ4v) is 2.74. The lowest BCUT2D eigenvalue weighted by Gasteiger charge is -2.26. The van der Waals surface area contributed by atoms with E-state index in [2.05, 4.69) is 22.7 Å². The van der Waals surface area contributed by atoms with E-state index in [1.54, 1.807) is 18.2 Å². The Morgan fingerprint density at radius 2 is 2.10 bits per heavy atom. The van der Waals surface area contributed by atoms with Gasteiger partial charge < -0.3 is 10.7 Å². The fourth-order valence-electron chi connectivity index (χ4n) is 2.74. The number of hydrogen-bond donors (Lipinski definition) is 3. The van der Waals surface area contributed by atoms with Crippen LogP contribution in [0, 0.1) is 11.8 Å². The van der Waals surface area contributed by atoms with E-state index in [0.717, 1.165) is 24.8 Å². The Morgan fingerprint density at radius 3 is 2.80 bits per heavy atom. The highest BCUT2D eigenvalue weighted by Crippen LogP contribution is 2.29. The lowest BCUT2D eigenvalue weighted by Crippen LogP contribution is -2.27. The molecule has 0 spiro atoms. The SMILES string of the molecule is CC1CCC(CCNC(=O)c2cccc(NN)n2)CC1. The van der Waals surface area contributed by atoms with Crippen LogP contribution in [0.15, 0.2) is 18.2 Å². The average Bonchev–Trinajstić information content (AvgIpc) is 2.49. The highest BCUT2D eigenvalue weighted by atomic mass is 16.1. The topological polar surface area (TPSA) is 80.0 Å². The van der Waals surface area contributed by atoms with E-state index in [4.69, 9.17) is 5.84 Å². The van der Waals surface area contributed by atoms with Crippen LogP contribution in [-0.4, -0.2) is 17.4 Å². The number of carbonyl (C=O) groups is 1. The van der Waals surface area contributed by atoms with Gasteiger partial charge in [0.25, 0.3) is 5.91 Å². The molecule has 5 nitrogen and oxygen atoms in total. The molecule has 1 heterocycles. The largest absolute Gasteiger partial charge is 0.351 e.